The van der Waals surface area contributed by atoms with Crippen LogP contribution in [0.3, 0.4) is 0 Å². The van der Waals surface area contributed by atoms with Gasteiger partial charge in [-0.2, -0.15) is 0 Å². The standard InChI is InChI=1S/C19H21F/c1-14-7-12-18(19(20)13-14)17-10-8-16(9-11-17)15-5-3-2-4-6-15/h2-3,5,8,10,13H,4,6-7,9,11-12H2,1H3. The lowest BCUT2D eigenvalue weighted by atomic mass is 9.84. The topological polar surface area (TPSA) is 0 Å². The van der Waals surface area contributed by atoms with Crippen molar-refractivity contribution in [3.05, 3.63) is 70.1 Å². The maximum absolute atomic E-state index is 14.1. The van der Waals surface area contributed by atoms with Gasteiger partial charge in [-0.3, -0.25) is 0 Å². The van der Waals surface area contributed by atoms with Crippen LogP contribution in [0, 0.1) is 0 Å². The predicted molar refractivity (Wildman–Crippen MR) is 83.0 cm³/mol. The van der Waals surface area contributed by atoms with E-state index in [9.17, 15) is 4.39 Å². The van der Waals surface area contributed by atoms with Crippen LogP contribution in [0.25, 0.3) is 0 Å². The molecule has 104 valence electrons. The van der Waals surface area contributed by atoms with Gasteiger partial charge in [-0.15, -0.1) is 0 Å². The highest BCUT2D eigenvalue weighted by Crippen LogP contribution is 2.36. The Balaban J connectivity index is 1.83. The number of hydrogen-bond acceptors (Lipinski definition) is 0. The largest absolute Gasteiger partial charge is 0.207 e. The van der Waals surface area contributed by atoms with Gasteiger partial charge in [-0.25, -0.2) is 4.39 Å². The van der Waals surface area contributed by atoms with Gasteiger partial charge in [0.05, 0.1) is 0 Å². The smallest absolute Gasteiger partial charge is 0.126 e. The third-order valence-corrected chi connectivity index (χ3v) is 4.39. The molecule has 0 saturated carbocycles. The van der Waals surface area contributed by atoms with Gasteiger partial charge in [0, 0.05) is 0 Å². The van der Waals surface area contributed by atoms with Crippen molar-refractivity contribution in [1.82, 2.24) is 0 Å². The van der Waals surface area contributed by atoms with Crippen LogP contribution in [0.5, 0.6) is 0 Å². The highest BCUT2D eigenvalue weighted by atomic mass is 19.1. The van der Waals surface area contributed by atoms with E-state index in [1.54, 1.807) is 6.08 Å². The van der Waals surface area contributed by atoms with Crippen LogP contribution < -0.4 is 0 Å². The molecule has 0 aliphatic heterocycles. The summed E-state index contributed by atoms with van der Waals surface area (Å²) >= 11 is 0. The van der Waals surface area contributed by atoms with Crippen molar-refractivity contribution < 1.29 is 4.39 Å². The first-order chi connectivity index (χ1) is 9.74. The molecule has 0 amide bonds. The molecule has 0 saturated heterocycles. The first kappa shape index (κ1) is 13.4. The van der Waals surface area contributed by atoms with Gasteiger partial charge in [-0.1, -0.05) is 36.0 Å². The number of rotatable bonds is 2. The van der Waals surface area contributed by atoms with E-state index in [4.69, 9.17) is 0 Å². The molecular formula is C19H21F. The first-order valence-electron chi connectivity index (χ1n) is 7.56. The molecule has 0 radical (unpaired) electrons. The van der Waals surface area contributed by atoms with Gasteiger partial charge in [0.15, 0.2) is 0 Å². The van der Waals surface area contributed by atoms with Crippen molar-refractivity contribution in [3.8, 4) is 0 Å². The number of halogens is 1. The quantitative estimate of drug-likeness (QED) is 0.587. The van der Waals surface area contributed by atoms with Crippen LogP contribution in [0.2, 0.25) is 0 Å². The van der Waals surface area contributed by atoms with Crippen LogP contribution in [0.4, 0.5) is 4.39 Å². The zero-order valence-corrected chi connectivity index (χ0v) is 12.1. The van der Waals surface area contributed by atoms with E-state index in [1.165, 1.54) is 16.7 Å². The van der Waals surface area contributed by atoms with Crippen LogP contribution in [-0.2, 0) is 0 Å². The molecule has 3 rings (SSSR count). The van der Waals surface area contributed by atoms with Crippen molar-refractivity contribution in [2.45, 2.75) is 45.4 Å². The second kappa shape index (κ2) is 5.78. The van der Waals surface area contributed by atoms with Gasteiger partial charge in [0.25, 0.3) is 0 Å². The van der Waals surface area contributed by atoms with Gasteiger partial charge < -0.3 is 0 Å². The minimum atomic E-state index is -0.0170. The minimum absolute atomic E-state index is 0.0170. The monoisotopic (exact) mass is 268 g/mol. The Bertz CT molecular complexity index is 591. The van der Waals surface area contributed by atoms with Crippen LogP contribution in [0.1, 0.15) is 45.4 Å². The average molecular weight is 268 g/mol. The fraction of sp³-hybridized carbons (Fsp3) is 0.368. The van der Waals surface area contributed by atoms with Gasteiger partial charge >= 0.3 is 0 Å². The van der Waals surface area contributed by atoms with Gasteiger partial charge in [0.2, 0.25) is 0 Å². The van der Waals surface area contributed by atoms with E-state index < -0.39 is 0 Å². The Kier molecular flexibility index (Phi) is 3.86. The maximum atomic E-state index is 14.1. The van der Waals surface area contributed by atoms with Gasteiger partial charge in [-0.05, 0) is 73.8 Å². The molecule has 0 aromatic rings. The molecule has 0 aromatic carbocycles. The second-order valence-electron chi connectivity index (χ2n) is 5.86. The normalized spacial score (nSPS) is 23.1. The summed E-state index contributed by atoms with van der Waals surface area (Å²) in [5, 5.41) is 0. The van der Waals surface area contributed by atoms with E-state index in [-0.39, 0.29) is 5.83 Å². The Morgan fingerprint density at radius 3 is 2.25 bits per heavy atom. The fourth-order valence-electron chi connectivity index (χ4n) is 3.16. The average Bonchev–Trinajstić information content (AvgIpc) is 2.48. The highest BCUT2D eigenvalue weighted by molar-refractivity contribution is 5.48. The van der Waals surface area contributed by atoms with E-state index in [0.717, 1.165) is 49.7 Å². The summed E-state index contributed by atoms with van der Waals surface area (Å²) in [6.45, 7) is 2.01. The number of hydrogen-bond donors (Lipinski definition) is 0. The van der Waals surface area contributed by atoms with Crippen LogP contribution in [0.15, 0.2) is 70.1 Å². The lowest BCUT2D eigenvalue weighted by Crippen LogP contribution is -2.03. The number of allylic oxidation sites excluding steroid dienone is 12. The highest BCUT2D eigenvalue weighted by Gasteiger charge is 2.18. The molecule has 0 atom stereocenters. The Labute approximate surface area is 120 Å². The third-order valence-electron chi connectivity index (χ3n) is 4.39. The molecule has 0 nitrogen and oxygen atoms in total. The van der Waals surface area contributed by atoms with Crippen LogP contribution in [-0.4, -0.2) is 0 Å². The zero-order valence-electron chi connectivity index (χ0n) is 12.1. The molecule has 0 heterocycles. The summed E-state index contributed by atoms with van der Waals surface area (Å²) in [5.41, 5.74) is 6.17. The van der Waals surface area contributed by atoms with Crippen LogP contribution >= 0.6 is 0 Å². The van der Waals surface area contributed by atoms with Crippen molar-refractivity contribution in [1.29, 1.82) is 0 Å². The first-order valence-corrected chi connectivity index (χ1v) is 7.56. The summed E-state index contributed by atoms with van der Waals surface area (Å²) in [4.78, 5) is 0. The van der Waals surface area contributed by atoms with Crippen molar-refractivity contribution in [2.24, 2.45) is 0 Å². The molecule has 0 fully saturated rings. The molecular weight excluding hydrogens is 247 g/mol. The zero-order chi connectivity index (χ0) is 13.9. The summed E-state index contributed by atoms with van der Waals surface area (Å²) in [5.74, 6) is -0.0170. The van der Waals surface area contributed by atoms with Gasteiger partial charge in [0.1, 0.15) is 5.83 Å². The Hall–Kier alpha value is -1.63. The van der Waals surface area contributed by atoms with Crippen molar-refractivity contribution in [3.63, 3.8) is 0 Å². The minimum Gasteiger partial charge on any atom is -0.207 e. The summed E-state index contributed by atoms with van der Waals surface area (Å²) < 4.78 is 14.1. The molecule has 20 heavy (non-hydrogen) atoms. The predicted octanol–water partition coefficient (Wildman–Crippen LogP) is 5.87. The molecule has 0 bridgehead atoms. The summed E-state index contributed by atoms with van der Waals surface area (Å²) in [7, 11) is 0. The molecule has 3 aliphatic carbocycles. The van der Waals surface area contributed by atoms with Crippen molar-refractivity contribution in [2.75, 3.05) is 0 Å². The third kappa shape index (κ3) is 2.77. The Morgan fingerprint density at radius 1 is 0.850 bits per heavy atom. The fourth-order valence-corrected chi connectivity index (χ4v) is 3.16. The van der Waals surface area contributed by atoms with E-state index in [2.05, 4.69) is 30.4 Å². The summed E-state index contributed by atoms with van der Waals surface area (Å²) in [6, 6.07) is 0. The maximum Gasteiger partial charge on any atom is 0.126 e. The van der Waals surface area contributed by atoms with E-state index >= 15 is 0 Å². The van der Waals surface area contributed by atoms with Crippen molar-refractivity contribution >= 4 is 0 Å². The van der Waals surface area contributed by atoms with E-state index in [1.807, 2.05) is 6.92 Å². The molecule has 1 heteroatoms. The SMILES string of the molecule is CC1=CC(F)=C(C2=CC=C(C3=CC=CCC3)CC2)CC1. The molecule has 0 N–H and O–H groups in total. The lowest BCUT2D eigenvalue weighted by Gasteiger charge is -2.22. The second-order valence-corrected chi connectivity index (χ2v) is 5.86. The molecule has 0 unspecified atom stereocenters. The molecule has 0 aromatic heterocycles. The molecule has 0 spiro atoms. The Morgan fingerprint density at radius 2 is 1.60 bits per heavy atom. The summed E-state index contributed by atoms with van der Waals surface area (Å²) in [6.07, 6.45) is 18.8. The lowest BCUT2D eigenvalue weighted by molar-refractivity contribution is 0.629. The van der Waals surface area contributed by atoms with E-state index in [0.29, 0.717) is 0 Å². The molecule has 3 aliphatic rings.